The smallest absolute Gasteiger partial charge is 0.315 e. The highest BCUT2D eigenvalue weighted by Crippen LogP contribution is 2.02. The first-order valence-corrected chi connectivity index (χ1v) is 5.74. The van der Waals surface area contributed by atoms with Gasteiger partial charge in [-0.05, 0) is 19.9 Å². The van der Waals surface area contributed by atoms with Crippen LogP contribution in [0.25, 0.3) is 0 Å². The van der Waals surface area contributed by atoms with Crippen LogP contribution < -0.4 is 5.32 Å². The van der Waals surface area contributed by atoms with Crippen molar-refractivity contribution in [2.45, 2.75) is 26.3 Å². The first kappa shape index (κ1) is 12.8. The molecule has 0 amide bonds. The van der Waals surface area contributed by atoms with Crippen molar-refractivity contribution in [3.05, 3.63) is 0 Å². The lowest BCUT2D eigenvalue weighted by molar-refractivity contribution is -0.137. The topological polar surface area (TPSA) is 38.3 Å². The second-order valence-electron chi connectivity index (χ2n) is 2.95. The van der Waals surface area contributed by atoms with Gasteiger partial charge in [0.05, 0.1) is 12.9 Å². The molecule has 1 atom stereocenters. The fourth-order valence-corrected chi connectivity index (χ4v) is 1.70. The summed E-state index contributed by atoms with van der Waals surface area (Å²) < 4.78 is 4.53. The third-order valence-electron chi connectivity index (χ3n) is 1.56. The Labute approximate surface area is 84.6 Å². The van der Waals surface area contributed by atoms with Gasteiger partial charge < -0.3 is 10.1 Å². The van der Waals surface area contributed by atoms with Crippen LogP contribution in [0.2, 0.25) is 0 Å². The molecule has 3 nitrogen and oxygen atoms in total. The van der Waals surface area contributed by atoms with Crippen molar-refractivity contribution in [1.82, 2.24) is 5.32 Å². The molecule has 0 aromatic heterocycles. The number of carbonyl (C=O) groups excluding carboxylic acids is 1. The van der Waals surface area contributed by atoms with Gasteiger partial charge in [0.15, 0.2) is 0 Å². The van der Waals surface area contributed by atoms with E-state index in [0.717, 1.165) is 18.7 Å². The fourth-order valence-electron chi connectivity index (χ4n) is 0.828. The second-order valence-corrected chi connectivity index (χ2v) is 3.98. The number of carbonyl (C=O) groups is 1. The summed E-state index contributed by atoms with van der Waals surface area (Å²) in [4.78, 5) is 10.7. The van der Waals surface area contributed by atoms with Gasteiger partial charge in [0.1, 0.15) is 0 Å². The Morgan fingerprint density at radius 2 is 2.31 bits per heavy atom. The molecule has 0 saturated carbocycles. The van der Waals surface area contributed by atoms with Gasteiger partial charge in [-0.2, -0.15) is 0 Å². The molecule has 0 radical (unpaired) electrons. The van der Waals surface area contributed by atoms with Crippen LogP contribution in [0.4, 0.5) is 0 Å². The van der Waals surface area contributed by atoms with E-state index in [1.165, 1.54) is 7.11 Å². The number of nitrogens with one attached hydrogen (secondary N) is 1. The zero-order valence-corrected chi connectivity index (χ0v) is 9.45. The van der Waals surface area contributed by atoms with Crippen LogP contribution in [0.15, 0.2) is 0 Å². The number of hydrogen-bond donors (Lipinski definition) is 1. The van der Waals surface area contributed by atoms with Crippen molar-refractivity contribution in [2.24, 2.45) is 0 Å². The minimum Gasteiger partial charge on any atom is -0.468 e. The molecular weight excluding hydrogens is 186 g/mol. The van der Waals surface area contributed by atoms with E-state index in [9.17, 15) is 4.79 Å². The van der Waals surface area contributed by atoms with Gasteiger partial charge in [0.25, 0.3) is 0 Å². The van der Waals surface area contributed by atoms with Gasteiger partial charge >= 0.3 is 5.97 Å². The molecule has 4 heteroatoms. The predicted molar refractivity (Wildman–Crippen MR) is 57.1 cm³/mol. The molecular formula is C9H19NO2S. The Balaban J connectivity index is 3.26. The SMILES string of the molecule is CCCNC(C)CSCC(=O)OC. The highest BCUT2D eigenvalue weighted by Gasteiger charge is 2.03. The molecule has 1 unspecified atom stereocenters. The minimum atomic E-state index is -0.146. The highest BCUT2D eigenvalue weighted by molar-refractivity contribution is 7.99. The number of thioether (sulfide) groups is 1. The molecule has 0 heterocycles. The zero-order valence-electron chi connectivity index (χ0n) is 8.63. The Morgan fingerprint density at radius 3 is 2.85 bits per heavy atom. The van der Waals surface area contributed by atoms with E-state index >= 15 is 0 Å². The van der Waals surface area contributed by atoms with Crippen LogP contribution >= 0.6 is 11.8 Å². The van der Waals surface area contributed by atoms with E-state index < -0.39 is 0 Å². The first-order chi connectivity index (χ1) is 6.20. The van der Waals surface area contributed by atoms with Crippen LogP contribution in [0, 0.1) is 0 Å². The summed E-state index contributed by atoms with van der Waals surface area (Å²) in [7, 11) is 1.42. The maximum atomic E-state index is 10.7. The van der Waals surface area contributed by atoms with Crippen molar-refractivity contribution in [3.8, 4) is 0 Å². The Kier molecular flexibility index (Phi) is 8.24. The highest BCUT2D eigenvalue weighted by atomic mass is 32.2. The Hall–Kier alpha value is -0.220. The number of rotatable bonds is 7. The molecule has 0 fully saturated rings. The molecule has 0 aromatic carbocycles. The van der Waals surface area contributed by atoms with E-state index in [4.69, 9.17) is 0 Å². The van der Waals surface area contributed by atoms with Crippen molar-refractivity contribution in [2.75, 3.05) is 25.2 Å². The third-order valence-corrected chi connectivity index (χ3v) is 2.73. The van der Waals surface area contributed by atoms with Gasteiger partial charge in [0, 0.05) is 11.8 Å². The monoisotopic (exact) mass is 205 g/mol. The van der Waals surface area contributed by atoms with Gasteiger partial charge in [-0.1, -0.05) is 6.92 Å². The number of hydrogen-bond acceptors (Lipinski definition) is 4. The third kappa shape index (κ3) is 8.12. The summed E-state index contributed by atoms with van der Waals surface area (Å²) in [5.41, 5.74) is 0. The molecule has 0 aliphatic heterocycles. The van der Waals surface area contributed by atoms with E-state index in [2.05, 4.69) is 23.9 Å². The lowest BCUT2D eigenvalue weighted by Crippen LogP contribution is -2.29. The van der Waals surface area contributed by atoms with Crippen LogP contribution in [-0.4, -0.2) is 37.2 Å². The lowest BCUT2D eigenvalue weighted by Gasteiger charge is -2.11. The molecule has 0 aromatic rings. The molecule has 0 saturated heterocycles. The van der Waals surface area contributed by atoms with Crippen molar-refractivity contribution in [3.63, 3.8) is 0 Å². The number of esters is 1. The molecule has 13 heavy (non-hydrogen) atoms. The van der Waals surface area contributed by atoms with E-state index in [1.54, 1.807) is 11.8 Å². The van der Waals surface area contributed by atoms with E-state index in [-0.39, 0.29) is 5.97 Å². The van der Waals surface area contributed by atoms with Gasteiger partial charge in [-0.15, -0.1) is 11.8 Å². The van der Waals surface area contributed by atoms with E-state index in [1.807, 2.05) is 0 Å². The predicted octanol–water partition coefficient (Wildman–Crippen LogP) is 1.28. The molecule has 0 aliphatic rings. The normalized spacial score (nSPS) is 12.5. The zero-order chi connectivity index (χ0) is 10.1. The molecule has 0 aliphatic carbocycles. The molecule has 0 spiro atoms. The first-order valence-electron chi connectivity index (χ1n) is 4.58. The van der Waals surface area contributed by atoms with Crippen LogP contribution in [0.3, 0.4) is 0 Å². The van der Waals surface area contributed by atoms with Crippen LogP contribution in [0.1, 0.15) is 20.3 Å². The molecule has 1 N–H and O–H groups in total. The fraction of sp³-hybridized carbons (Fsp3) is 0.889. The largest absolute Gasteiger partial charge is 0.468 e. The van der Waals surface area contributed by atoms with Crippen molar-refractivity contribution < 1.29 is 9.53 Å². The van der Waals surface area contributed by atoms with Gasteiger partial charge in [-0.25, -0.2) is 0 Å². The summed E-state index contributed by atoms with van der Waals surface area (Å²) in [5, 5.41) is 3.35. The quantitative estimate of drug-likeness (QED) is 0.635. The Bertz CT molecular complexity index is 142. The van der Waals surface area contributed by atoms with Crippen LogP contribution in [-0.2, 0) is 9.53 Å². The number of ether oxygens (including phenoxy) is 1. The average molecular weight is 205 g/mol. The van der Waals surface area contributed by atoms with Gasteiger partial charge in [0.2, 0.25) is 0 Å². The summed E-state index contributed by atoms with van der Waals surface area (Å²) in [6.45, 7) is 5.31. The lowest BCUT2D eigenvalue weighted by atomic mass is 10.3. The maximum absolute atomic E-state index is 10.7. The van der Waals surface area contributed by atoms with E-state index in [0.29, 0.717) is 11.8 Å². The standard InChI is InChI=1S/C9H19NO2S/c1-4-5-10-8(2)6-13-7-9(11)12-3/h8,10H,4-7H2,1-3H3. The molecule has 0 rings (SSSR count). The summed E-state index contributed by atoms with van der Waals surface area (Å²) >= 11 is 1.61. The Morgan fingerprint density at radius 1 is 1.62 bits per heavy atom. The van der Waals surface area contributed by atoms with Crippen molar-refractivity contribution in [1.29, 1.82) is 0 Å². The molecule has 0 bridgehead atoms. The summed E-state index contributed by atoms with van der Waals surface area (Å²) in [5.74, 6) is 1.26. The van der Waals surface area contributed by atoms with Crippen molar-refractivity contribution >= 4 is 17.7 Å². The van der Waals surface area contributed by atoms with Gasteiger partial charge in [-0.3, -0.25) is 4.79 Å². The molecule has 78 valence electrons. The second kappa shape index (κ2) is 8.38. The van der Waals surface area contributed by atoms with Crippen LogP contribution in [0.5, 0.6) is 0 Å². The number of methoxy groups -OCH3 is 1. The summed E-state index contributed by atoms with van der Waals surface area (Å²) in [6.07, 6.45) is 1.14. The average Bonchev–Trinajstić information content (AvgIpc) is 2.14. The summed E-state index contributed by atoms with van der Waals surface area (Å²) in [6, 6.07) is 0.467. The maximum Gasteiger partial charge on any atom is 0.315 e. The minimum absolute atomic E-state index is 0.146.